The van der Waals surface area contributed by atoms with E-state index in [1.54, 1.807) is 26.0 Å². The molecule has 5 nitrogen and oxygen atoms in total. The molecule has 0 unspecified atom stereocenters. The Balaban J connectivity index is 2.26. The number of aliphatic hydroxyl groups is 1. The minimum absolute atomic E-state index is 0.171. The van der Waals surface area contributed by atoms with Gasteiger partial charge in [0.05, 0.1) is 28.6 Å². The van der Waals surface area contributed by atoms with E-state index in [1.165, 1.54) is 18.2 Å². The molecule has 0 fully saturated rings. The number of hydroxylamine groups is 1. The number of rotatable bonds is 6. The number of hydrogen-bond acceptors (Lipinski definition) is 4. The van der Waals surface area contributed by atoms with Gasteiger partial charge in [0, 0.05) is 3.57 Å². The van der Waals surface area contributed by atoms with Crippen LogP contribution in [-0.2, 0) is 4.84 Å². The monoisotopic (exact) mass is 478 g/mol. The van der Waals surface area contributed by atoms with Crippen LogP contribution in [0.5, 0.6) is 0 Å². The summed E-state index contributed by atoms with van der Waals surface area (Å²) in [5, 5.41) is 12.6. The zero-order chi connectivity index (χ0) is 18.6. The third-order valence-corrected chi connectivity index (χ3v) is 4.21. The number of amides is 1. The second-order valence-electron chi connectivity index (χ2n) is 5.89. The number of carbonyl (C=O) groups is 1. The van der Waals surface area contributed by atoms with Crippen LogP contribution in [0.4, 0.5) is 15.8 Å². The Morgan fingerprint density at radius 2 is 2.00 bits per heavy atom. The van der Waals surface area contributed by atoms with Crippen molar-refractivity contribution in [2.45, 2.75) is 19.4 Å². The van der Waals surface area contributed by atoms with Gasteiger partial charge in [0.25, 0.3) is 5.91 Å². The largest absolute Gasteiger partial charge is 0.393 e. The summed E-state index contributed by atoms with van der Waals surface area (Å²) in [6, 6.07) is 9.02. The Morgan fingerprint density at radius 1 is 1.28 bits per heavy atom. The van der Waals surface area contributed by atoms with E-state index in [0.29, 0.717) is 10.7 Å². The van der Waals surface area contributed by atoms with Crippen LogP contribution in [0.3, 0.4) is 0 Å². The molecule has 0 aliphatic carbocycles. The van der Waals surface area contributed by atoms with Gasteiger partial charge in [0.1, 0.15) is 11.4 Å². The zero-order valence-electron chi connectivity index (χ0n) is 13.6. The van der Waals surface area contributed by atoms with Gasteiger partial charge in [-0.3, -0.25) is 9.63 Å². The van der Waals surface area contributed by atoms with Crippen molar-refractivity contribution in [3.05, 3.63) is 56.4 Å². The molecule has 0 saturated heterocycles. The molecule has 0 aromatic heterocycles. The molecule has 2 aromatic carbocycles. The van der Waals surface area contributed by atoms with Gasteiger partial charge in [-0.15, -0.1) is 0 Å². The molecule has 0 spiro atoms. The fraction of sp³-hybridized carbons (Fsp3) is 0.235. The van der Waals surface area contributed by atoms with Gasteiger partial charge in [-0.2, -0.15) is 0 Å². The number of benzene rings is 2. The SMILES string of the molecule is CC(C)(CO)ONC(=O)c1ccc(F)cc1Nc1ccc(I)cc1Cl. The smallest absolute Gasteiger partial charge is 0.276 e. The van der Waals surface area contributed by atoms with Gasteiger partial charge in [0.2, 0.25) is 0 Å². The van der Waals surface area contributed by atoms with Crippen molar-refractivity contribution in [1.82, 2.24) is 5.48 Å². The Hall–Kier alpha value is -1.42. The van der Waals surface area contributed by atoms with Crippen LogP contribution in [-0.4, -0.2) is 23.2 Å². The van der Waals surface area contributed by atoms with E-state index in [1.807, 2.05) is 6.07 Å². The maximum Gasteiger partial charge on any atom is 0.276 e. The molecule has 0 saturated carbocycles. The average molecular weight is 479 g/mol. The summed E-state index contributed by atoms with van der Waals surface area (Å²) in [5.41, 5.74) is 2.28. The molecule has 25 heavy (non-hydrogen) atoms. The molecule has 1 amide bonds. The van der Waals surface area contributed by atoms with Crippen molar-refractivity contribution in [3.8, 4) is 0 Å². The van der Waals surface area contributed by atoms with Crippen molar-refractivity contribution in [3.63, 3.8) is 0 Å². The highest BCUT2D eigenvalue weighted by atomic mass is 127. The van der Waals surface area contributed by atoms with Crippen LogP contribution in [0.15, 0.2) is 36.4 Å². The number of aliphatic hydroxyl groups excluding tert-OH is 1. The third-order valence-electron chi connectivity index (χ3n) is 3.23. The normalized spacial score (nSPS) is 11.3. The molecule has 2 aromatic rings. The zero-order valence-corrected chi connectivity index (χ0v) is 16.5. The summed E-state index contributed by atoms with van der Waals surface area (Å²) >= 11 is 8.30. The number of nitrogens with one attached hydrogen (secondary N) is 2. The predicted octanol–water partition coefficient (Wildman–Crippen LogP) is 4.26. The van der Waals surface area contributed by atoms with Gasteiger partial charge in [-0.25, -0.2) is 9.87 Å². The summed E-state index contributed by atoms with van der Waals surface area (Å²) in [6.07, 6.45) is 0. The van der Waals surface area contributed by atoms with Crippen molar-refractivity contribution in [2.24, 2.45) is 0 Å². The molecular formula is C17H17ClFIN2O3. The fourth-order valence-corrected chi connectivity index (χ4v) is 2.73. The summed E-state index contributed by atoms with van der Waals surface area (Å²) in [5.74, 6) is -1.08. The van der Waals surface area contributed by atoms with Crippen molar-refractivity contribution >= 4 is 51.5 Å². The molecule has 134 valence electrons. The summed E-state index contributed by atoms with van der Waals surface area (Å²) in [7, 11) is 0. The second-order valence-corrected chi connectivity index (χ2v) is 7.54. The predicted molar refractivity (Wildman–Crippen MR) is 104 cm³/mol. The topological polar surface area (TPSA) is 70.6 Å². The van der Waals surface area contributed by atoms with Crippen LogP contribution in [0.25, 0.3) is 0 Å². The Kier molecular flexibility index (Phi) is 6.61. The first-order chi connectivity index (χ1) is 11.7. The molecule has 0 aliphatic rings. The van der Waals surface area contributed by atoms with Crippen LogP contribution in [0.1, 0.15) is 24.2 Å². The maximum absolute atomic E-state index is 13.6. The van der Waals surface area contributed by atoms with Gasteiger partial charge in [-0.1, -0.05) is 11.6 Å². The first kappa shape index (κ1) is 19.9. The molecule has 0 atom stereocenters. The van der Waals surface area contributed by atoms with Crippen molar-refractivity contribution in [1.29, 1.82) is 0 Å². The van der Waals surface area contributed by atoms with E-state index < -0.39 is 17.3 Å². The van der Waals surface area contributed by atoms with Gasteiger partial charge < -0.3 is 10.4 Å². The number of halogens is 3. The lowest BCUT2D eigenvalue weighted by Gasteiger charge is -2.22. The van der Waals surface area contributed by atoms with Crippen LogP contribution < -0.4 is 10.8 Å². The highest BCUT2D eigenvalue weighted by Crippen LogP contribution is 2.29. The van der Waals surface area contributed by atoms with Crippen LogP contribution >= 0.6 is 34.2 Å². The van der Waals surface area contributed by atoms with Crippen molar-refractivity contribution in [2.75, 3.05) is 11.9 Å². The quantitative estimate of drug-likeness (QED) is 0.429. The Labute approximate surface area is 163 Å². The number of carbonyl (C=O) groups excluding carboxylic acids is 1. The molecule has 0 aliphatic heterocycles. The first-order valence-corrected chi connectivity index (χ1v) is 8.78. The van der Waals surface area contributed by atoms with Gasteiger partial charge in [-0.05, 0) is 72.8 Å². The van der Waals surface area contributed by atoms with E-state index in [2.05, 4.69) is 33.4 Å². The van der Waals surface area contributed by atoms with E-state index in [9.17, 15) is 9.18 Å². The minimum Gasteiger partial charge on any atom is -0.393 e. The Morgan fingerprint density at radius 3 is 2.64 bits per heavy atom. The van der Waals surface area contributed by atoms with E-state index in [-0.39, 0.29) is 17.9 Å². The number of anilines is 2. The molecule has 8 heteroatoms. The van der Waals surface area contributed by atoms with E-state index in [0.717, 1.165) is 3.57 Å². The molecule has 2 rings (SSSR count). The van der Waals surface area contributed by atoms with Crippen molar-refractivity contribution < 1.29 is 19.1 Å². The molecule has 0 heterocycles. The molecule has 0 radical (unpaired) electrons. The standard InChI is InChI=1S/C17H17ClFIN2O3/c1-17(2,9-23)25-22-16(24)12-5-3-10(19)7-15(12)21-14-6-4-11(20)8-13(14)18/h3-8,21,23H,9H2,1-2H3,(H,22,24). The Bertz CT molecular complexity index is 786. The lowest BCUT2D eigenvalue weighted by Crippen LogP contribution is -2.38. The summed E-state index contributed by atoms with van der Waals surface area (Å²) in [6.45, 7) is 2.95. The van der Waals surface area contributed by atoms with Crippen LogP contribution in [0.2, 0.25) is 5.02 Å². The van der Waals surface area contributed by atoms with E-state index in [4.69, 9.17) is 21.5 Å². The second kappa shape index (κ2) is 8.31. The highest BCUT2D eigenvalue weighted by molar-refractivity contribution is 14.1. The lowest BCUT2D eigenvalue weighted by molar-refractivity contribution is -0.0956. The summed E-state index contributed by atoms with van der Waals surface area (Å²) < 4.78 is 14.6. The fourth-order valence-electron chi connectivity index (χ4n) is 1.83. The minimum atomic E-state index is -0.942. The average Bonchev–Trinajstić information content (AvgIpc) is 2.55. The first-order valence-electron chi connectivity index (χ1n) is 7.33. The number of hydrogen-bond donors (Lipinski definition) is 3. The molecule has 0 bridgehead atoms. The lowest BCUT2D eigenvalue weighted by atomic mass is 10.1. The maximum atomic E-state index is 13.6. The molecule has 3 N–H and O–H groups in total. The van der Waals surface area contributed by atoms with Gasteiger partial charge in [0.15, 0.2) is 0 Å². The van der Waals surface area contributed by atoms with E-state index >= 15 is 0 Å². The molecular weight excluding hydrogens is 462 g/mol. The highest BCUT2D eigenvalue weighted by Gasteiger charge is 2.21. The summed E-state index contributed by atoms with van der Waals surface area (Å²) in [4.78, 5) is 17.5. The van der Waals surface area contributed by atoms with Crippen LogP contribution in [0, 0.1) is 9.39 Å². The van der Waals surface area contributed by atoms with Gasteiger partial charge >= 0.3 is 0 Å². The third kappa shape index (κ3) is 5.53.